The molecule has 0 aromatic carbocycles. The van der Waals surface area contributed by atoms with Crippen molar-refractivity contribution >= 4 is 41.0 Å². The van der Waals surface area contributed by atoms with Crippen LogP contribution in [0.4, 0.5) is 0 Å². The van der Waals surface area contributed by atoms with Gasteiger partial charge >= 0.3 is 5.97 Å². The molecule has 15 heteroatoms. The second-order valence-corrected chi connectivity index (χ2v) is 13.8. The van der Waals surface area contributed by atoms with E-state index < -0.39 is 101 Å². The van der Waals surface area contributed by atoms with E-state index >= 15 is 0 Å². The summed E-state index contributed by atoms with van der Waals surface area (Å²) in [7, 11) is 0. The molecule has 0 aliphatic heterocycles. The number of aliphatic carboxylic acids is 1. The standard InChI is InChI=1S/C32H59N7O8/c1-14(2)10-22(38-30(45)20(13-34)28(43)25(36)16(5)6)27(42)19(12-33)31(46)39-26(17(7)8)29(44)24(18(9)35)32(47)37-21(15(3)4)11-23(40)41/h14-22,24-26H,10-13,33-36H2,1-9H3,(H,37,47)(H,38,45)(H,39,46)(H,40,41)/t18-,19?,20?,21+,22+,24?,25+,26+/m1/s1. The van der Waals surface area contributed by atoms with Gasteiger partial charge in [0.25, 0.3) is 0 Å². The second-order valence-electron chi connectivity index (χ2n) is 13.8. The predicted octanol–water partition coefficient (Wildman–Crippen LogP) is -0.923. The van der Waals surface area contributed by atoms with E-state index in [9.17, 15) is 38.7 Å². The third-order valence-electron chi connectivity index (χ3n) is 8.12. The SMILES string of the molecule is CC(C)C[C@H](NC(=O)C(CN)C(=O)[C@@H](N)C(C)C)C(=O)C(CN)C(=O)N[C@H](C(=O)C(C(=O)N[C@@H](CC(=O)O)C(C)C)[C@@H](C)N)C(C)C. The normalized spacial score (nSPS) is 16.9. The summed E-state index contributed by atoms with van der Waals surface area (Å²) >= 11 is 0. The minimum Gasteiger partial charge on any atom is -0.481 e. The van der Waals surface area contributed by atoms with Crippen LogP contribution in [0.5, 0.6) is 0 Å². The Labute approximate surface area is 278 Å². The lowest BCUT2D eigenvalue weighted by atomic mass is 9.85. The molecule has 0 heterocycles. The van der Waals surface area contributed by atoms with Crippen LogP contribution in [0.3, 0.4) is 0 Å². The van der Waals surface area contributed by atoms with Crippen LogP contribution in [-0.4, -0.2) is 89.4 Å². The largest absolute Gasteiger partial charge is 0.481 e. The van der Waals surface area contributed by atoms with Crippen LogP contribution in [-0.2, 0) is 33.6 Å². The number of ketones is 3. The predicted molar refractivity (Wildman–Crippen MR) is 177 cm³/mol. The van der Waals surface area contributed by atoms with Gasteiger partial charge in [-0.2, -0.15) is 0 Å². The van der Waals surface area contributed by atoms with Crippen molar-refractivity contribution in [2.75, 3.05) is 13.1 Å². The van der Waals surface area contributed by atoms with Gasteiger partial charge in [-0.1, -0.05) is 55.4 Å². The summed E-state index contributed by atoms with van der Waals surface area (Å²) in [4.78, 5) is 91.7. The number of nitrogens with two attached hydrogens (primary N) is 4. The van der Waals surface area contributed by atoms with E-state index in [0.29, 0.717) is 0 Å². The average molecular weight is 670 g/mol. The number of carbonyl (C=O) groups is 7. The molecule has 15 nitrogen and oxygen atoms in total. The molecule has 0 saturated heterocycles. The van der Waals surface area contributed by atoms with Crippen LogP contribution in [0.15, 0.2) is 0 Å². The summed E-state index contributed by atoms with van der Waals surface area (Å²) in [6.45, 7) is 14.4. The highest BCUT2D eigenvalue weighted by atomic mass is 16.4. The monoisotopic (exact) mass is 669 g/mol. The van der Waals surface area contributed by atoms with Gasteiger partial charge in [0, 0.05) is 25.2 Å². The first-order valence-corrected chi connectivity index (χ1v) is 16.3. The van der Waals surface area contributed by atoms with Gasteiger partial charge in [-0.15, -0.1) is 0 Å². The van der Waals surface area contributed by atoms with E-state index in [1.54, 1.807) is 55.4 Å². The quantitative estimate of drug-likeness (QED) is 0.0650. The number of hydrogen-bond acceptors (Lipinski definition) is 11. The van der Waals surface area contributed by atoms with E-state index in [1.807, 2.05) is 0 Å². The summed E-state index contributed by atoms with van der Waals surface area (Å²) in [5.74, 6) is -11.1. The van der Waals surface area contributed by atoms with Crippen molar-refractivity contribution in [1.82, 2.24) is 16.0 Å². The van der Waals surface area contributed by atoms with Gasteiger partial charge in [-0.25, -0.2) is 0 Å². The third kappa shape index (κ3) is 13.4. The van der Waals surface area contributed by atoms with Gasteiger partial charge in [-0.05, 0) is 37.0 Å². The summed E-state index contributed by atoms with van der Waals surface area (Å²) in [5, 5.41) is 17.0. The first kappa shape index (κ1) is 43.7. The maximum Gasteiger partial charge on any atom is 0.305 e. The van der Waals surface area contributed by atoms with Gasteiger partial charge in [-0.3, -0.25) is 33.6 Å². The van der Waals surface area contributed by atoms with E-state index in [-0.39, 0.29) is 37.1 Å². The fourth-order valence-electron chi connectivity index (χ4n) is 5.05. The maximum atomic E-state index is 13.8. The maximum absolute atomic E-state index is 13.8. The Morgan fingerprint density at radius 3 is 1.49 bits per heavy atom. The Morgan fingerprint density at radius 2 is 1.11 bits per heavy atom. The fourth-order valence-corrected chi connectivity index (χ4v) is 5.05. The molecule has 47 heavy (non-hydrogen) atoms. The Hall–Kier alpha value is -3.27. The fraction of sp³-hybridized carbons (Fsp3) is 0.781. The number of rotatable bonds is 22. The van der Waals surface area contributed by atoms with E-state index in [1.165, 1.54) is 6.92 Å². The van der Waals surface area contributed by atoms with Gasteiger partial charge in [0.2, 0.25) is 17.7 Å². The second kappa shape index (κ2) is 20.2. The zero-order chi connectivity index (χ0) is 36.9. The number of hydrogen-bond donors (Lipinski definition) is 8. The number of nitrogens with one attached hydrogen (secondary N) is 3. The van der Waals surface area contributed by atoms with Gasteiger partial charge < -0.3 is 44.0 Å². The zero-order valence-electron chi connectivity index (χ0n) is 29.4. The molecular formula is C32H59N7O8. The van der Waals surface area contributed by atoms with Crippen LogP contribution in [0.1, 0.15) is 75.2 Å². The Balaban J connectivity index is 6.24. The minimum atomic E-state index is -1.50. The Kier molecular flexibility index (Phi) is 18.8. The van der Waals surface area contributed by atoms with Crippen molar-refractivity contribution in [3.05, 3.63) is 0 Å². The molecule has 0 aromatic heterocycles. The molecule has 0 bridgehead atoms. The topological polar surface area (TPSA) is 280 Å². The minimum absolute atomic E-state index is 0.114. The molecule has 0 fully saturated rings. The molecule has 0 radical (unpaired) electrons. The van der Waals surface area contributed by atoms with Crippen LogP contribution >= 0.6 is 0 Å². The highest BCUT2D eigenvalue weighted by Crippen LogP contribution is 2.18. The summed E-state index contributed by atoms with van der Waals surface area (Å²) in [6.07, 6.45) is -0.254. The van der Waals surface area contributed by atoms with Crippen LogP contribution < -0.4 is 38.9 Å². The van der Waals surface area contributed by atoms with Crippen molar-refractivity contribution < 1.29 is 38.7 Å². The molecule has 12 N–H and O–H groups in total. The molecule has 0 saturated carbocycles. The smallest absolute Gasteiger partial charge is 0.305 e. The number of carboxylic acids is 1. The van der Waals surface area contributed by atoms with Gasteiger partial charge in [0.15, 0.2) is 17.3 Å². The van der Waals surface area contributed by atoms with Crippen LogP contribution in [0.2, 0.25) is 0 Å². The lowest BCUT2D eigenvalue weighted by molar-refractivity contribution is -0.143. The Morgan fingerprint density at radius 1 is 0.617 bits per heavy atom. The summed E-state index contributed by atoms with van der Waals surface area (Å²) in [6, 6.07) is -5.20. The van der Waals surface area contributed by atoms with E-state index in [2.05, 4.69) is 16.0 Å². The Bertz CT molecular complexity index is 1110. The number of carbonyl (C=O) groups excluding carboxylic acids is 6. The molecule has 270 valence electrons. The molecule has 3 unspecified atom stereocenters. The molecule has 0 aromatic rings. The molecule has 0 aliphatic rings. The van der Waals surface area contributed by atoms with Crippen LogP contribution in [0, 0.1) is 41.4 Å². The van der Waals surface area contributed by atoms with Crippen molar-refractivity contribution in [3.8, 4) is 0 Å². The lowest BCUT2D eigenvalue weighted by Gasteiger charge is -2.31. The molecule has 0 spiro atoms. The molecular weight excluding hydrogens is 610 g/mol. The number of Topliss-reactive ketones (excluding diaryl/α,β-unsaturated/α-hetero) is 3. The number of amides is 3. The highest BCUT2D eigenvalue weighted by molar-refractivity contribution is 6.10. The third-order valence-corrected chi connectivity index (χ3v) is 8.12. The molecule has 3 amide bonds. The van der Waals surface area contributed by atoms with Crippen molar-refractivity contribution in [2.45, 2.75) is 105 Å². The van der Waals surface area contributed by atoms with Gasteiger partial charge in [0.1, 0.15) is 17.8 Å². The van der Waals surface area contributed by atoms with Crippen molar-refractivity contribution in [1.29, 1.82) is 0 Å². The average Bonchev–Trinajstić information content (AvgIpc) is 2.94. The van der Waals surface area contributed by atoms with Crippen LogP contribution in [0.25, 0.3) is 0 Å². The van der Waals surface area contributed by atoms with E-state index in [4.69, 9.17) is 22.9 Å². The first-order chi connectivity index (χ1) is 21.6. The lowest BCUT2D eigenvalue weighted by Crippen LogP contribution is -2.58. The summed E-state index contributed by atoms with van der Waals surface area (Å²) in [5.41, 5.74) is 23.6. The van der Waals surface area contributed by atoms with Crippen molar-refractivity contribution in [3.63, 3.8) is 0 Å². The highest BCUT2D eigenvalue weighted by Gasteiger charge is 2.41. The molecule has 0 aliphatic carbocycles. The molecule has 8 atom stereocenters. The number of carboxylic acid groups (broad SMARTS) is 1. The zero-order valence-corrected chi connectivity index (χ0v) is 29.4. The summed E-state index contributed by atoms with van der Waals surface area (Å²) < 4.78 is 0. The van der Waals surface area contributed by atoms with E-state index in [0.717, 1.165) is 0 Å². The van der Waals surface area contributed by atoms with Crippen molar-refractivity contribution in [2.24, 2.45) is 64.4 Å². The van der Waals surface area contributed by atoms with Gasteiger partial charge in [0.05, 0.1) is 24.5 Å². The molecule has 0 rings (SSSR count). The first-order valence-electron chi connectivity index (χ1n) is 16.3.